The number of hydrogen-bond acceptors (Lipinski definition) is 2. The second-order valence-electron chi connectivity index (χ2n) is 6.28. The Morgan fingerprint density at radius 2 is 1.76 bits per heavy atom. The molecule has 1 rings (SSSR count). The van der Waals surface area contributed by atoms with Crippen molar-refractivity contribution in [1.29, 1.82) is 0 Å². The van der Waals surface area contributed by atoms with E-state index in [-0.39, 0.29) is 11.8 Å². The average Bonchev–Trinajstić information content (AvgIpc) is 2.36. The molecule has 4 heteroatoms. The molecule has 0 radical (unpaired) electrons. The molecule has 2 amide bonds. The van der Waals surface area contributed by atoms with Crippen LogP contribution in [0.2, 0.25) is 0 Å². The number of carbonyl (C=O) groups is 2. The van der Waals surface area contributed by atoms with Crippen molar-refractivity contribution in [2.45, 2.75) is 47.1 Å². The molecule has 0 aliphatic carbocycles. The molecule has 0 aromatic heterocycles. The third-order valence-corrected chi connectivity index (χ3v) is 3.30. The Morgan fingerprint density at radius 3 is 2.24 bits per heavy atom. The third-order valence-electron chi connectivity index (χ3n) is 3.30. The maximum absolute atomic E-state index is 12.5. The molecule has 1 aromatic rings. The zero-order valence-electron chi connectivity index (χ0n) is 13.7. The van der Waals surface area contributed by atoms with Crippen molar-refractivity contribution < 1.29 is 9.59 Å². The SMILES string of the molecule is C=C(C)C(=O)N(NC(=O)c1cccc(C)c1C)C(C)(C)C. The standard InChI is InChI=1S/C17H24N2O2/c1-11(2)16(21)19(17(5,6)7)18-15(20)14-10-8-9-12(3)13(14)4/h8-10H,1H2,2-7H3,(H,18,20). The fourth-order valence-corrected chi connectivity index (χ4v) is 1.87. The first-order valence-corrected chi connectivity index (χ1v) is 6.93. The number of hydrogen-bond donors (Lipinski definition) is 1. The summed E-state index contributed by atoms with van der Waals surface area (Å²) in [5.41, 5.74) is 5.06. The van der Waals surface area contributed by atoms with Gasteiger partial charge in [-0.15, -0.1) is 0 Å². The van der Waals surface area contributed by atoms with Crippen molar-refractivity contribution in [3.63, 3.8) is 0 Å². The van der Waals surface area contributed by atoms with E-state index < -0.39 is 5.54 Å². The normalized spacial score (nSPS) is 11.0. The molecule has 0 atom stereocenters. The van der Waals surface area contributed by atoms with Gasteiger partial charge >= 0.3 is 0 Å². The molecular weight excluding hydrogens is 264 g/mol. The summed E-state index contributed by atoms with van der Waals surface area (Å²) in [6, 6.07) is 5.54. The molecule has 1 N–H and O–H groups in total. The first-order chi connectivity index (χ1) is 9.55. The maximum atomic E-state index is 12.5. The number of rotatable bonds is 2. The van der Waals surface area contributed by atoms with Crippen molar-refractivity contribution in [2.75, 3.05) is 0 Å². The number of nitrogens with one attached hydrogen (secondary N) is 1. The summed E-state index contributed by atoms with van der Waals surface area (Å²) in [4.78, 5) is 24.7. The Balaban J connectivity index is 3.10. The van der Waals surface area contributed by atoms with Gasteiger partial charge in [-0.25, -0.2) is 5.01 Å². The van der Waals surface area contributed by atoms with E-state index in [1.807, 2.05) is 46.8 Å². The predicted molar refractivity (Wildman–Crippen MR) is 84.8 cm³/mol. The van der Waals surface area contributed by atoms with Gasteiger partial charge in [-0.1, -0.05) is 18.7 Å². The van der Waals surface area contributed by atoms with E-state index in [9.17, 15) is 9.59 Å². The second kappa shape index (κ2) is 6.12. The Morgan fingerprint density at radius 1 is 1.19 bits per heavy atom. The van der Waals surface area contributed by atoms with E-state index >= 15 is 0 Å². The van der Waals surface area contributed by atoms with Gasteiger partial charge in [-0.2, -0.15) is 0 Å². The molecule has 21 heavy (non-hydrogen) atoms. The lowest BCUT2D eigenvalue weighted by Crippen LogP contribution is -2.56. The Labute approximate surface area is 126 Å². The van der Waals surface area contributed by atoms with Gasteiger partial charge in [-0.3, -0.25) is 15.0 Å². The van der Waals surface area contributed by atoms with Gasteiger partial charge in [0.15, 0.2) is 0 Å². The number of nitrogens with zero attached hydrogens (tertiary/aromatic N) is 1. The molecule has 0 bridgehead atoms. The monoisotopic (exact) mass is 288 g/mol. The van der Waals surface area contributed by atoms with Gasteiger partial charge in [0, 0.05) is 11.1 Å². The van der Waals surface area contributed by atoms with E-state index in [1.54, 1.807) is 13.0 Å². The molecular formula is C17H24N2O2. The zero-order chi connectivity index (χ0) is 16.4. The fraction of sp³-hybridized carbons (Fsp3) is 0.412. The van der Waals surface area contributed by atoms with E-state index in [4.69, 9.17) is 0 Å². The predicted octanol–water partition coefficient (Wildman–Crippen LogP) is 3.15. The molecule has 0 fully saturated rings. The zero-order valence-corrected chi connectivity index (χ0v) is 13.7. The maximum Gasteiger partial charge on any atom is 0.270 e. The average molecular weight is 288 g/mol. The van der Waals surface area contributed by atoms with Crippen molar-refractivity contribution in [2.24, 2.45) is 0 Å². The Hall–Kier alpha value is -2.10. The highest BCUT2D eigenvalue weighted by Gasteiger charge is 2.29. The molecule has 114 valence electrons. The Bertz CT molecular complexity index is 583. The second-order valence-corrected chi connectivity index (χ2v) is 6.28. The molecule has 0 spiro atoms. The van der Waals surface area contributed by atoms with Gasteiger partial charge in [0.1, 0.15) is 0 Å². The fourth-order valence-electron chi connectivity index (χ4n) is 1.87. The molecule has 0 aliphatic rings. The lowest BCUT2D eigenvalue weighted by atomic mass is 10.0. The topological polar surface area (TPSA) is 49.4 Å². The van der Waals surface area contributed by atoms with Crippen LogP contribution in [-0.4, -0.2) is 22.4 Å². The van der Waals surface area contributed by atoms with Crippen LogP contribution in [0.25, 0.3) is 0 Å². The van der Waals surface area contributed by atoms with Crippen LogP contribution in [0.15, 0.2) is 30.4 Å². The minimum Gasteiger partial charge on any atom is -0.268 e. The lowest BCUT2D eigenvalue weighted by molar-refractivity contribution is -0.134. The first-order valence-electron chi connectivity index (χ1n) is 6.93. The molecule has 4 nitrogen and oxygen atoms in total. The van der Waals surface area contributed by atoms with Gasteiger partial charge in [0.25, 0.3) is 11.8 Å². The number of aryl methyl sites for hydroxylation is 1. The molecule has 1 aromatic carbocycles. The lowest BCUT2D eigenvalue weighted by Gasteiger charge is -2.35. The Kier molecular flexibility index (Phi) is 4.94. The summed E-state index contributed by atoms with van der Waals surface area (Å²) in [5, 5.41) is 1.33. The smallest absolute Gasteiger partial charge is 0.268 e. The largest absolute Gasteiger partial charge is 0.270 e. The number of hydrazine groups is 1. The highest BCUT2D eigenvalue weighted by atomic mass is 16.2. The minimum absolute atomic E-state index is 0.291. The van der Waals surface area contributed by atoms with Gasteiger partial charge in [-0.05, 0) is 58.7 Å². The van der Waals surface area contributed by atoms with Crippen LogP contribution in [0.1, 0.15) is 49.2 Å². The van der Waals surface area contributed by atoms with Gasteiger partial charge in [0.2, 0.25) is 0 Å². The third kappa shape index (κ3) is 3.94. The van der Waals surface area contributed by atoms with Crippen molar-refractivity contribution >= 4 is 11.8 Å². The molecule has 0 heterocycles. The van der Waals surface area contributed by atoms with E-state index in [1.165, 1.54) is 5.01 Å². The quantitative estimate of drug-likeness (QED) is 0.671. The van der Waals surface area contributed by atoms with Crippen molar-refractivity contribution in [3.05, 3.63) is 47.0 Å². The van der Waals surface area contributed by atoms with Crippen LogP contribution in [0.5, 0.6) is 0 Å². The van der Waals surface area contributed by atoms with Crippen LogP contribution in [0.4, 0.5) is 0 Å². The highest BCUT2D eigenvalue weighted by molar-refractivity contribution is 5.99. The first kappa shape index (κ1) is 17.0. The van der Waals surface area contributed by atoms with Gasteiger partial charge in [0.05, 0.1) is 5.54 Å². The summed E-state index contributed by atoms with van der Waals surface area (Å²) < 4.78 is 0. The number of carbonyl (C=O) groups excluding carboxylic acids is 2. The van der Waals surface area contributed by atoms with Crippen molar-refractivity contribution in [1.82, 2.24) is 10.4 Å². The number of benzene rings is 1. The summed E-state index contributed by atoms with van der Waals surface area (Å²) >= 11 is 0. The molecule has 0 saturated carbocycles. The van der Waals surface area contributed by atoms with Crippen molar-refractivity contribution in [3.8, 4) is 0 Å². The number of amides is 2. The minimum atomic E-state index is -0.538. The summed E-state index contributed by atoms with van der Waals surface area (Å²) in [5.74, 6) is -0.582. The highest BCUT2D eigenvalue weighted by Crippen LogP contribution is 2.16. The van der Waals surface area contributed by atoms with Crippen LogP contribution in [0.3, 0.4) is 0 Å². The van der Waals surface area contributed by atoms with E-state index in [0.717, 1.165) is 11.1 Å². The van der Waals surface area contributed by atoms with Crippen LogP contribution in [-0.2, 0) is 4.79 Å². The summed E-state index contributed by atoms with van der Waals surface area (Å²) in [6.07, 6.45) is 0. The van der Waals surface area contributed by atoms with Crippen LogP contribution in [0, 0.1) is 13.8 Å². The van der Waals surface area contributed by atoms with E-state index in [2.05, 4.69) is 12.0 Å². The van der Waals surface area contributed by atoms with Crippen LogP contribution >= 0.6 is 0 Å². The summed E-state index contributed by atoms with van der Waals surface area (Å²) in [6.45, 7) is 14.7. The van der Waals surface area contributed by atoms with Gasteiger partial charge < -0.3 is 0 Å². The molecule has 0 unspecified atom stereocenters. The van der Waals surface area contributed by atoms with E-state index in [0.29, 0.717) is 11.1 Å². The molecule has 0 aliphatic heterocycles. The molecule has 0 saturated heterocycles. The summed E-state index contributed by atoms with van der Waals surface area (Å²) in [7, 11) is 0. The van der Waals surface area contributed by atoms with Crippen LogP contribution < -0.4 is 5.43 Å².